The van der Waals surface area contributed by atoms with Crippen LogP contribution >= 0.6 is 11.6 Å². The number of benzene rings is 1. The van der Waals surface area contributed by atoms with Crippen LogP contribution in [0.5, 0.6) is 0 Å². The molecule has 0 atom stereocenters. The largest absolute Gasteiger partial charge is 0.265 e. The lowest BCUT2D eigenvalue weighted by Gasteiger charge is -2.00. The van der Waals surface area contributed by atoms with E-state index in [0.29, 0.717) is 10.8 Å². The molecule has 0 unspecified atom stereocenters. The van der Waals surface area contributed by atoms with E-state index in [4.69, 9.17) is 11.6 Å². The second-order valence-corrected chi connectivity index (χ2v) is 4.22. The van der Waals surface area contributed by atoms with Gasteiger partial charge in [-0.15, -0.1) is 10.2 Å². The number of hydrogen-bond donors (Lipinski definition) is 0. The van der Waals surface area contributed by atoms with Gasteiger partial charge in [-0.25, -0.2) is 4.98 Å². The number of nitrogens with zero attached hydrogens (tertiary/aromatic N) is 4. The molecular formula is C12H9ClN4. The number of aryl methyl sites for hydroxylation is 1. The summed E-state index contributed by atoms with van der Waals surface area (Å²) in [4.78, 5) is 4.04. The van der Waals surface area contributed by atoms with Crippen molar-refractivity contribution in [2.75, 3.05) is 0 Å². The second-order valence-electron chi connectivity index (χ2n) is 3.83. The third kappa shape index (κ3) is 1.76. The number of halogens is 1. The molecule has 0 aliphatic carbocycles. The summed E-state index contributed by atoms with van der Waals surface area (Å²) in [6.07, 6.45) is 1.63. The van der Waals surface area contributed by atoms with Crippen molar-refractivity contribution < 1.29 is 0 Å². The van der Waals surface area contributed by atoms with Crippen molar-refractivity contribution in [3.8, 4) is 11.4 Å². The first-order valence-electron chi connectivity index (χ1n) is 5.17. The Balaban J connectivity index is 2.24. The van der Waals surface area contributed by atoms with Crippen molar-refractivity contribution in [2.45, 2.75) is 6.92 Å². The topological polar surface area (TPSA) is 43.1 Å². The van der Waals surface area contributed by atoms with E-state index in [-0.39, 0.29) is 0 Å². The Morgan fingerprint density at radius 1 is 1.18 bits per heavy atom. The van der Waals surface area contributed by atoms with Gasteiger partial charge in [0.1, 0.15) is 11.5 Å². The molecule has 1 aromatic carbocycles. The van der Waals surface area contributed by atoms with E-state index in [9.17, 15) is 0 Å². The van der Waals surface area contributed by atoms with Crippen LogP contribution in [0.3, 0.4) is 0 Å². The van der Waals surface area contributed by atoms with Crippen LogP contribution in [0.2, 0.25) is 5.15 Å². The van der Waals surface area contributed by atoms with Crippen LogP contribution in [0.15, 0.2) is 36.7 Å². The summed E-state index contributed by atoms with van der Waals surface area (Å²) in [5, 5.41) is 8.65. The molecule has 4 nitrogen and oxygen atoms in total. The Labute approximate surface area is 103 Å². The summed E-state index contributed by atoms with van der Waals surface area (Å²) in [6.45, 7) is 2.04. The minimum absolute atomic E-state index is 0.417. The molecule has 0 aliphatic rings. The lowest BCUT2D eigenvalue weighted by Crippen LogP contribution is -1.91. The maximum atomic E-state index is 5.81. The van der Waals surface area contributed by atoms with Gasteiger partial charge < -0.3 is 0 Å². The smallest absolute Gasteiger partial charge is 0.169 e. The Morgan fingerprint density at radius 2 is 2.06 bits per heavy atom. The molecule has 3 aromatic rings. The van der Waals surface area contributed by atoms with Gasteiger partial charge in [-0.3, -0.25) is 4.40 Å². The fourth-order valence-corrected chi connectivity index (χ4v) is 1.89. The average molecular weight is 245 g/mol. The SMILES string of the molecule is Cc1cccc(-c2nnc3cc(Cl)ncn23)c1. The standard InChI is InChI=1S/C12H9ClN4/c1-8-3-2-4-9(5-8)12-16-15-11-6-10(13)14-7-17(11)12/h2-7H,1H3. The first kappa shape index (κ1) is 10.2. The van der Waals surface area contributed by atoms with Gasteiger partial charge in [0.15, 0.2) is 11.5 Å². The first-order valence-corrected chi connectivity index (χ1v) is 5.55. The molecule has 0 spiro atoms. The maximum Gasteiger partial charge on any atom is 0.169 e. The van der Waals surface area contributed by atoms with Crippen molar-refractivity contribution in [3.05, 3.63) is 47.4 Å². The van der Waals surface area contributed by atoms with Crippen LogP contribution in [0.1, 0.15) is 5.56 Å². The van der Waals surface area contributed by atoms with Crippen LogP contribution in [0.4, 0.5) is 0 Å². The normalized spacial score (nSPS) is 10.9. The van der Waals surface area contributed by atoms with E-state index in [1.54, 1.807) is 12.4 Å². The maximum absolute atomic E-state index is 5.81. The number of aromatic nitrogens is 4. The lowest BCUT2D eigenvalue weighted by molar-refractivity contribution is 1.08. The van der Waals surface area contributed by atoms with Gasteiger partial charge in [-0.05, 0) is 13.0 Å². The van der Waals surface area contributed by atoms with Gasteiger partial charge in [-0.2, -0.15) is 0 Å². The summed E-state index contributed by atoms with van der Waals surface area (Å²) in [7, 11) is 0. The molecule has 0 saturated carbocycles. The van der Waals surface area contributed by atoms with Crippen molar-refractivity contribution in [1.82, 2.24) is 19.6 Å². The number of rotatable bonds is 1. The van der Waals surface area contributed by atoms with Gasteiger partial charge in [0, 0.05) is 11.6 Å². The monoisotopic (exact) mass is 244 g/mol. The van der Waals surface area contributed by atoms with Crippen molar-refractivity contribution >= 4 is 17.2 Å². The summed E-state index contributed by atoms with van der Waals surface area (Å²) in [6, 6.07) is 9.79. The van der Waals surface area contributed by atoms with E-state index in [2.05, 4.69) is 21.2 Å². The van der Waals surface area contributed by atoms with Gasteiger partial charge in [-0.1, -0.05) is 35.4 Å². The molecule has 0 bridgehead atoms. The highest BCUT2D eigenvalue weighted by atomic mass is 35.5. The summed E-state index contributed by atoms with van der Waals surface area (Å²) < 4.78 is 1.82. The number of hydrogen-bond acceptors (Lipinski definition) is 3. The van der Waals surface area contributed by atoms with Gasteiger partial charge in [0.2, 0.25) is 0 Å². The van der Waals surface area contributed by atoms with Crippen LogP contribution in [-0.2, 0) is 0 Å². The van der Waals surface area contributed by atoms with Crippen molar-refractivity contribution in [2.24, 2.45) is 0 Å². The van der Waals surface area contributed by atoms with Crippen LogP contribution in [0.25, 0.3) is 17.0 Å². The van der Waals surface area contributed by atoms with Gasteiger partial charge in [0.25, 0.3) is 0 Å². The molecule has 0 amide bonds. The highest BCUT2D eigenvalue weighted by molar-refractivity contribution is 6.29. The van der Waals surface area contributed by atoms with E-state index >= 15 is 0 Å². The zero-order valence-electron chi connectivity index (χ0n) is 9.13. The molecule has 0 radical (unpaired) electrons. The van der Waals surface area contributed by atoms with Crippen molar-refractivity contribution in [3.63, 3.8) is 0 Å². The molecule has 84 valence electrons. The Hall–Kier alpha value is -1.94. The van der Waals surface area contributed by atoms with E-state index in [1.807, 2.05) is 29.5 Å². The van der Waals surface area contributed by atoms with Crippen molar-refractivity contribution in [1.29, 1.82) is 0 Å². The molecule has 2 aromatic heterocycles. The van der Waals surface area contributed by atoms with E-state index in [1.165, 1.54) is 5.56 Å². The third-order valence-electron chi connectivity index (χ3n) is 2.54. The fourth-order valence-electron chi connectivity index (χ4n) is 1.75. The molecule has 3 rings (SSSR count). The second kappa shape index (κ2) is 3.82. The lowest BCUT2D eigenvalue weighted by atomic mass is 10.1. The van der Waals surface area contributed by atoms with Gasteiger partial charge in [0.05, 0.1) is 0 Å². The minimum atomic E-state index is 0.417. The molecule has 0 N–H and O–H groups in total. The van der Waals surface area contributed by atoms with Crippen LogP contribution in [-0.4, -0.2) is 19.6 Å². The van der Waals surface area contributed by atoms with Crippen LogP contribution in [0, 0.1) is 6.92 Å². The Bertz CT molecular complexity index is 690. The Kier molecular flexibility index (Phi) is 2.30. The highest BCUT2D eigenvalue weighted by Gasteiger charge is 2.08. The third-order valence-corrected chi connectivity index (χ3v) is 2.75. The first-order chi connectivity index (χ1) is 8.24. The average Bonchev–Trinajstić information content (AvgIpc) is 2.71. The highest BCUT2D eigenvalue weighted by Crippen LogP contribution is 2.19. The minimum Gasteiger partial charge on any atom is -0.265 e. The number of fused-ring (bicyclic) bond motifs is 1. The zero-order valence-corrected chi connectivity index (χ0v) is 9.89. The molecule has 0 aliphatic heterocycles. The predicted molar refractivity (Wildman–Crippen MR) is 66.0 cm³/mol. The summed E-state index contributed by atoms with van der Waals surface area (Å²) in [5.74, 6) is 0.771. The fraction of sp³-hybridized carbons (Fsp3) is 0.0833. The molecular weight excluding hydrogens is 236 g/mol. The predicted octanol–water partition coefficient (Wildman–Crippen LogP) is 2.75. The summed E-state index contributed by atoms with van der Waals surface area (Å²) in [5.41, 5.74) is 2.89. The molecule has 0 saturated heterocycles. The summed E-state index contributed by atoms with van der Waals surface area (Å²) >= 11 is 5.81. The molecule has 5 heteroatoms. The van der Waals surface area contributed by atoms with Gasteiger partial charge >= 0.3 is 0 Å². The molecule has 17 heavy (non-hydrogen) atoms. The van der Waals surface area contributed by atoms with E-state index in [0.717, 1.165) is 11.4 Å². The molecule has 2 heterocycles. The quantitative estimate of drug-likeness (QED) is 0.618. The van der Waals surface area contributed by atoms with E-state index < -0.39 is 0 Å². The van der Waals surface area contributed by atoms with Crippen LogP contribution < -0.4 is 0 Å². The Morgan fingerprint density at radius 3 is 2.88 bits per heavy atom. The zero-order chi connectivity index (χ0) is 11.8. The molecule has 0 fully saturated rings.